The van der Waals surface area contributed by atoms with E-state index in [9.17, 15) is 0 Å². The fraction of sp³-hybridized carbons (Fsp3) is 0.0667. The number of nitrogens with two attached hydrogens (primary N) is 1. The van der Waals surface area contributed by atoms with E-state index in [1.54, 1.807) is 0 Å². The van der Waals surface area contributed by atoms with Crippen molar-refractivity contribution in [1.82, 2.24) is 9.97 Å². The largest absolute Gasteiger partial charge is 0.339 e. The third kappa shape index (κ3) is 2.15. The lowest BCUT2D eigenvalue weighted by Crippen LogP contribution is -2.11. The lowest BCUT2D eigenvalue weighted by Gasteiger charge is -2.12. The van der Waals surface area contributed by atoms with Crippen LogP contribution in [0.4, 0.5) is 17.3 Å². The average Bonchev–Trinajstić information content (AvgIpc) is 2.50. The van der Waals surface area contributed by atoms with Gasteiger partial charge in [0, 0.05) is 16.6 Å². The van der Waals surface area contributed by atoms with Crippen LogP contribution in [0.3, 0.4) is 0 Å². The second kappa shape index (κ2) is 5.14. The Labute approximate surface area is 116 Å². The van der Waals surface area contributed by atoms with Crippen LogP contribution < -0.4 is 16.6 Å². The quantitative estimate of drug-likeness (QED) is 0.501. The van der Waals surface area contributed by atoms with Gasteiger partial charge in [0.1, 0.15) is 18.0 Å². The third-order valence-corrected chi connectivity index (χ3v) is 3.26. The number of aromatic nitrogens is 2. The molecule has 3 rings (SSSR count). The average molecular weight is 265 g/mol. The SMILES string of the molecule is Cc1c(NN)ncnc1Nc1cccc2ccccc12. The van der Waals surface area contributed by atoms with Gasteiger partial charge < -0.3 is 10.7 Å². The molecule has 5 heteroatoms. The molecule has 0 aliphatic rings. The summed E-state index contributed by atoms with van der Waals surface area (Å²) in [5, 5.41) is 5.67. The number of anilines is 3. The summed E-state index contributed by atoms with van der Waals surface area (Å²) in [5.41, 5.74) is 4.45. The Morgan fingerprint density at radius 1 is 0.950 bits per heavy atom. The molecule has 0 amide bonds. The first-order chi connectivity index (χ1) is 9.79. The molecule has 1 aromatic heterocycles. The number of nitrogens with zero attached hydrogens (tertiary/aromatic N) is 2. The molecular weight excluding hydrogens is 250 g/mol. The summed E-state index contributed by atoms with van der Waals surface area (Å²) < 4.78 is 0. The molecule has 2 aromatic carbocycles. The standard InChI is InChI=1S/C15H15N5/c1-10-14(17-9-18-15(10)20-16)19-13-8-4-6-11-5-2-3-7-12(11)13/h2-9H,16H2,1H3,(H2,17,18,19,20). The van der Waals surface area contributed by atoms with Gasteiger partial charge in [-0.05, 0) is 18.4 Å². The first kappa shape index (κ1) is 12.4. The van der Waals surface area contributed by atoms with Gasteiger partial charge in [-0.1, -0.05) is 36.4 Å². The van der Waals surface area contributed by atoms with E-state index in [1.807, 2.05) is 31.2 Å². The Morgan fingerprint density at radius 3 is 2.55 bits per heavy atom. The van der Waals surface area contributed by atoms with Crippen molar-refractivity contribution in [3.63, 3.8) is 0 Å². The highest BCUT2D eigenvalue weighted by molar-refractivity contribution is 5.95. The molecule has 100 valence electrons. The minimum absolute atomic E-state index is 0.614. The van der Waals surface area contributed by atoms with E-state index in [4.69, 9.17) is 5.84 Å². The summed E-state index contributed by atoms with van der Waals surface area (Å²) in [6.07, 6.45) is 1.48. The summed E-state index contributed by atoms with van der Waals surface area (Å²) in [7, 11) is 0. The van der Waals surface area contributed by atoms with Crippen LogP contribution in [0.5, 0.6) is 0 Å². The topological polar surface area (TPSA) is 75.9 Å². The van der Waals surface area contributed by atoms with Gasteiger partial charge in [-0.25, -0.2) is 15.8 Å². The molecule has 0 unspecified atom stereocenters. The van der Waals surface area contributed by atoms with Crippen LogP contribution in [0.1, 0.15) is 5.56 Å². The first-order valence-corrected chi connectivity index (χ1v) is 6.32. The number of rotatable bonds is 3. The molecular formula is C15H15N5. The molecule has 3 aromatic rings. The maximum atomic E-state index is 5.44. The molecule has 0 saturated carbocycles. The van der Waals surface area contributed by atoms with E-state index in [1.165, 1.54) is 11.7 Å². The molecule has 0 aliphatic carbocycles. The summed E-state index contributed by atoms with van der Waals surface area (Å²) in [6.45, 7) is 1.92. The number of benzene rings is 2. The highest BCUT2D eigenvalue weighted by Crippen LogP contribution is 2.27. The molecule has 20 heavy (non-hydrogen) atoms. The fourth-order valence-electron chi connectivity index (χ4n) is 2.18. The van der Waals surface area contributed by atoms with Gasteiger partial charge in [-0.3, -0.25) is 0 Å². The lowest BCUT2D eigenvalue weighted by molar-refractivity contribution is 1.11. The number of hydrogen-bond donors (Lipinski definition) is 3. The number of nitrogens with one attached hydrogen (secondary N) is 2. The van der Waals surface area contributed by atoms with E-state index >= 15 is 0 Å². The summed E-state index contributed by atoms with van der Waals surface area (Å²) in [4.78, 5) is 8.35. The highest BCUT2D eigenvalue weighted by Gasteiger charge is 2.07. The highest BCUT2D eigenvalue weighted by atomic mass is 15.3. The molecule has 0 saturated heterocycles. The summed E-state index contributed by atoms with van der Waals surface area (Å²) in [5.74, 6) is 6.79. The number of hydrogen-bond acceptors (Lipinski definition) is 5. The van der Waals surface area contributed by atoms with Gasteiger partial charge in [-0.2, -0.15) is 0 Å². The van der Waals surface area contributed by atoms with Crippen LogP contribution >= 0.6 is 0 Å². The van der Waals surface area contributed by atoms with Crippen molar-refractivity contribution in [3.8, 4) is 0 Å². The van der Waals surface area contributed by atoms with Gasteiger partial charge in [-0.15, -0.1) is 0 Å². The molecule has 0 aliphatic heterocycles. The molecule has 0 spiro atoms. The van der Waals surface area contributed by atoms with Gasteiger partial charge in [0.15, 0.2) is 0 Å². The van der Waals surface area contributed by atoms with Gasteiger partial charge >= 0.3 is 0 Å². The Bertz CT molecular complexity index is 749. The van der Waals surface area contributed by atoms with Crippen LogP contribution in [0.15, 0.2) is 48.8 Å². The van der Waals surface area contributed by atoms with Crippen molar-refractivity contribution < 1.29 is 0 Å². The minimum Gasteiger partial charge on any atom is -0.339 e. The van der Waals surface area contributed by atoms with E-state index in [2.05, 4.69) is 38.9 Å². The summed E-state index contributed by atoms with van der Waals surface area (Å²) >= 11 is 0. The van der Waals surface area contributed by atoms with Crippen LogP contribution in [0.25, 0.3) is 10.8 Å². The zero-order valence-electron chi connectivity index (χ0n) is 11.1. The number of hydrazine groups is 1. The monoisotopic (exact) mass is 265 g/mol. The second-order valence-corrected chi connectivity index (χ2v) is 4.49. The van der Waals surface area contributed by atoms with Crippen molar-refractivity contribution in [3.05, 3.63) is 54.4 Å². The Balaban J connectivity index is 2.06. The number of fused-ring (bicyclic) bond motifs is 1. The maximum absolute atomic E-state index is 5.44. The maximum Gasteiger partial charge on any atom is 0.148 e. The van der Waals surface area contributed by atoms with Gasteiger partial charge in [0.25, 0.3) is 0 Å². The third-order valence-electron chi connectivity index (χ3n) is 3.26. The van der Waals surface area contributed by atoms with E-state index in [0.717, 1.165) is 22.5 Å². The minimum atomic E-state index is 0.614. The predicted molar refractivity (Wildman–Crippen MR) is 81.8 cm³/mol. The normalized spacial score (nSPS) is 10.5. The van der Waals surface area contributed by atoms with Crippen LogP contribution in [-0.2, 0) is 0 Å². The van der Waals surface area contributed by atoms with Crippen molar-refractivity contribution in [1.29, 1.82) is 0 Å². The Hall–Kier alpha value is -2.66. The smallest absolute Gasteiger partial charge is 0.148 e. The van der Waals surface area contributed by atoms with Crippen molar-refractivity contribution in [2.45, 2.75) is 6.92 Å². The predicted octanol–water partition coefficient (Wildman–Crippen LogP) is 2.97. The number of nitrogen functional groups attached to an aromatic ring is 1. The Morgan fingerprint density at radius 2 is 1.70 bits per heavy atom. The second-order valence-electron chi connectivity index (χ2n) is 4.49. The molecule has 1 heterocycles. The van der Waals surface area contributed by atoms with Crippen LogP contribution in [0.2, 0.25) is 0 Å². The molecule has 5 nitrogen and oxygen atoms in total. The zero-order chi connectivity index (χ0) is 13.9. The van der Waals surface area contributed by atoms with Gasteiger partial charge in [0.2, 0.25) is 0 Å². The molecule has 0 bridgehead atoms. The molecule has 0 fully saturated rings. The Kier molecular flexibility index (Phi) is 3.18. The van der Waals surface area contributed by atoms with Crippen molar-refractivity contribution in [2.75, 3.05) is 10.7 Å². The molecule has 0 radical (unpaired) electrons. The molecule has 4 N–H and O–H groups in total. The summed E-state index contributed by atoms with van der Waals surface area (Å²) in [6, 6.07) is 14.3. The van der Waals surface area contributed by atoms with Gasteiger partial charge in [0.05, 0.1) is 0 Å². The lowest BCUT2D eigenvalue weighted by atomic mass is 10.1. The van der Waals surface area contributed by atoms with Crippen LogP contribution in [-0.4, -0.2) is 9.97 Å². The van der Waals surface area contributed by atoms with E-state index in [-0.39, 0.29) is 0 Å². The van der Waals surface area contributed by atoms with E-state index < -0.39 is 0 Å². The molecule has 0 atom stereocenters. The van der Waals surface area contributed by atoms with Crippen molar-refractivity contribution >= 4 is 28.1 Å². The van der Waals surface area contributed by atoms with E-state index in [0.29, 0.717) is 5.82 Å². The van der Waals surface area contributed by atoms with Crippen LogP contribution in [0, 0.1) is 6.92 Å². The first-order valence-electron chi connectivity index (χ1n) is 6.32. The van der Waals surface area contributed by atoms with Crippen molar-refractivity contribution in [2.24, 2.45) is 5.84 Å². The zero-order valence-corrected chi connectivity index (χ0v) is 11.1. The fourth-order valence-corrected chi connectivity index (χ4v) is 2.18.